The number of hydrogen-bond donors (Lipinski definition) is 1. The van der Waals surface area contributed by atoms with Crippen LogP contribution in [0.1, 0.15) is 29.9 Å². The number of hydrogen-bond acceptors (Lipinski definition) is 3. The minimum absolute atomic E-state index is 0.0210. The van der Waals surface area contributed by atoms with Gasteiger partial charge in [0.15, 0.2) is 0 Å². The van der Waals surface area contributed by atoms with Crippen LogP contribution in [0.5, 0.6) is 0 Å². The van der Waals surface area contributed by atoms with Crippen LogP contribution in [0.3, 0.4) is 0 Å². The fourth-order valence-corrected chi connectivity index (χ4v) is 3.22. The maximum atomic E-state index is 13.2. The van der Waals surface area contributed by atoms with Gasteiger partial charge in [-0.15, -0.1) is 0 Å². The molecule has 0 aromatic heterocycles. The van der Waals surface area contributed by atoms with Crippen LogP contribution in [0.25, 0.3) is 0 Å². The van der Waals surface area contributed by atoms with Crippen molar-refractivity contribution in [2.75, 3.05) is 13.2 Å². The standard InChI is InChI=1S/C12H14F3NO3S/c13-12(14,15)11-9(8-4-6-19-7-5-8)2-1-3-10(11)20(16,17)18/h1-3,8H,4-7H2,(H2,16,17,18). The number of rotatable bonds is 2. The van der Waals surface area contributed by atoms with E-state index in [0.717, 1.165) is 6.07 Å². The predicted molar refractivity (Wildman–Crippen MR) is 65.6 cm³/mol. The summed E-state index contributed by atoms with van der Waals surface area (Å²) in [6, 6.07) is 3.49. The van der Waals surface area contributed by atoms with Gasteiger partial charge in [-0.05, 0) is 30.4 Å². The molecule has 0 spiro atoms. The number of ether oxygens (including phenoxy) is 1. The van der Waals surface area contributed by atoms with Gasteiger partial charge in [0.05, 0.1) is 10.5 Å². The molecule has 1 aliphatic heterocycles. The van der Waals surface area contributed by atoms with E-state index in [-0.39, 0.29) is 11.5 Å². The summed E-state index contributed by atoms with van der Waals surface area (Å²) in [6.07, 6.45) is -3.91. The fourth-order valence-electron chi connectivity index (χ4n) is 2.44. The lowest BCUT2D eigenvalue weighted by Gasteiger charge is -2.26. The Labute approximate surface area is 114 Å². The average Bonchev–Trinajstić information content (AvgIpc) is 2.37. The van der Waals surface area contributed by atoms with Crippen molar-refractivity contribution in [3.05, 3.63) is 29.3 Å². The van der Waals surface area contributed by atoms with Gasteiger partial charge in [0.25, 0.3) is 0 Å². The molecule has 0 atom stereocenters. The molecule has 112 valence electrons. The number of sulfonamides is 1. The Morgan fingerprint density at radius 1 is 1.20 bits per heavy atom. The number of primary sulfonamides is 1. The largest absolute Gasteiger partial charge is 0.417 e. The first-order valence-corrected chi connectivity index (χ1v) is 7.56. The van der Waals surface area contributed by atoms with Crippen molar-refractivity contribution in [1.29, 1.82) is 0 Å². The topological polar surface area (TPSA) is 69.4 Å². The maximum Gasteiger partial charge on any atom is 0.417 e. The van der Waals surface area contributed by atoms with Crippen molar-refractivity contribution >= 4 is 10.0 Å². The summed E-state index contributed by atoms with van der Waals surface area (Å²) in [5.74, 6) is -0.373. The Morgan fingerprint density at radius 2 is 1.80 bits per heavy atom. The number of benzene rings is 1. The lowest BCUT2D eigenvalue weighted by Crippen LogP contribution is -2.23. The first kappa shape index (κ1) is 15.3. The molecule has 20 heavy (non-hydrogen) atoms. The third-order valence-corrected chi connectivity index (χ3v) is 4.26. The SMILES string of the molecule is NS(=O)(=O)c1cccc(C2CCOCC2)c1C(F)(F)F. The van der Waals surface area contributed by atoms with Gasteiger partial charge in [-0.3, -0.25) is 0 Å². The van der Waals surface area contributed by atoms with Crippen molar-refractivity contribution in [2.24, 2.45) is 5.14 Å². The van der Waals surface area contributed by atoms with Crippen LogP contribution in [-0.2, 0) is 20.9 Å². The quantitative estimate of drug-likeness (QED) is 0.911. The van der Waals surface area contributed by atoms with Crippen LogP contribution in [-0.4, -0.2) is 21.6 Å². The van der Waals surface area contributed by atoms with Gasteiger partial charge in [0, 0.05) is 13.2 Å². The molecule has 1 aliphatic rings. The van der Waals surface area contributed by atoms with Crippen LogP contribution in [0.4, 0.5) is 13.2 Å². The molecule has 1 heterocycles. The zero-order valence-corrected chi connectivity index (χ0v) is 11.3. The second kappa shape index (κ2) is 5.34. The molecule has 0 bridgehead atoms. The fraction of sp³-hybridized carbons (Fsp3) is 0.500. The third kappa shape index (κ3) is 3.13. The van der Waals surface area contributed by atoms with E-state index in [4.69, 9.17) is 9.88 Å². The van der Waals surface area contributed by atoms with Crippen LogP contribution >= 0.6 is 0 Å². The summed E-state index contributed by atoms with van der Waals surface area (Å²) >= 11 is 0. The van der Waals surface area contributed by atoms with Crippen molar-refractivity contribution < 1.29 is 26.3 Å². The first-order valence-electron chi connectivity index (χ1n) is 6.02. The zero-order chi connectivity index (χ0) is 15.0. The van der Waals surface area contributed by atoms with E-state index in [1.54, 1.807) is 0 Å². The first-order chi connectivity index (χ1) is 9.21. The van der Waals surface area contributed by atoms with Gasteiger partial charge in [0.1, 0.15) is 0 Å². The summed E-state index contributed by atoms with van der Waals surface area (Å²) in [5, 5.41) is 4.90. The molecule has 2 rings (SSSR count). The van der Waals surface area contributed by atoms with Gasteiger partial charge < -0.3 is 4.74 Å². The Balaban J connectivity index is 2.62. The second-order valence-electron chi connectivity index (χ2n) is 4.65. The molecule has 0 aliphatic carbocycles. The Kier molecular flexibility index (Phi) is 4.08. The molecule has 0 unspecified atom stereocenters. The van der Waals surface area contributed by atoms with Gasteiger partial charge in [-0.1, -0.05) is 12.1 Å². The third-order valence-electron chi connectivity index (χ3n) is 3.31. The highest BCUT2D eigenvalue weighted by molar-refractivity contribution is 7.89. The molecule has 1 aromatic rings. The van der Waals surface area contributed by atoms with E-state index in [0.29, 0.717) is 26.1 Å². The smallest absolute Gasteiger partial charge is 0.381 e. The van der Waals surface area contributed by atoms with Crippen molar-refractivity contribution in [2.45, 2.75) is 29.8 Å². The van der Waals surface area contributed by atoms with Gasteiger partial charge in [0.2, 0.25) is 10.0 Å². The van der Waals surface area contributed by atoms with Crippen molar-refractivity contribution in [3.8, 4) is 0 Å². The van der Waals surface area contributed by atoms with E-state index >= 15 is 0 Å². The van der Waals surface area contributed by atoms with E-state index in [1.807, 2.05) is 0 Å². The summed E-state index contributed by atoms with van der Waals surface area (Å²) in [6.45, 7) is 0.725. The molecule has 0 saturated carbocycles. The van der Waals surface area contributed by atoms with Crippen LogP contribution in [0, 0.1) is 0 Å². The summed E-state index contributed by atoms with van der Waals surface area (Å²) in [7, 11) is -4.43. The summed E-state index contributed by atoms with van der Waals surface area (Å²) < 4.78 is 67.6. The predicted octanol–water partition coefficient (Wildman–Crippen LogP) is 2.25. The monoisotopic (exact) mass is 309 g/mol. The molecule has 0 radical (unpaired) electrons. The van der Waals surface area contributed by atoms with E-state index < -0.39 is 26.7 Å². The Morgan fingerprint density at radius 3 is 2.30 bits per heavy atom. The molecule has 0 amide bonds. The minimum Gasteiger partial charge on any atom is -0.381 e. The van der Waals surface area contributed by atoms with Crippen LogP contribution in [0.2, 0.25) is 0 Å². The molecule has 4 nitrogen and oxygen atoms in total. The molecule has 2 N–H and O–H groups in total. The van der Waals surface area contributed by atoms with Crippen molar-refractivity contribution in [1.82, 2.24) is 0 Å². The van der Waals surface area contributed by atoms with Crippen LogP contribution in [0.15, 0.2) is 23.1 Å². The highest BCUT2D eigenvalue weighted by Gasteiger charge is 2.40. The highest BCUT2D eigenvalue weighted by Crippen LogP contribution is 2.41. The second-order valence-corrected chi connectivity index (χ2v) is 6.18. The normalized spacial score (nSPS) is 18.2. The molecule has 1 saturated heterocycles. The van der Waals surface area contributed by atoms with Gasteiger partial charge >= 0.3 is 6.18 Å². The summed E-state index contributed by atoms with van der Waals surface area (Å²) in [4.78, 5) is -0.867. The number of alkyl halides is 3. The molecular formula is C12H14F3NO3S. The van der Waals surface area contributed by atoms with Crippen molar-refractivity contribution in [3.63, 3.8) is 0 Å². The summed E-state index contributed by atoms with van der Waals surface area (Å²) in [5.41, 5.74) is -1.17. The molecule has 8 heteroatoms. The lowest BCUT2D eigenvalue weighted by atomic mass is 9.88. The molecule has 1 fully saturated rings. The minimum atomic E-state index is -4.77. The van der Waals surface area contributed by atoms with E-state index in [2.05, 4.69) is 0 Å². The van der Waals surface area contributed by atoms with Gasteiger partial charge in [-0.25, -0.2) is 13.6 Å². The number of halogens is 3. The van der Waals surface area contributed by atoms with E-state index in [1.165, 1.54) is 12.1 Å². The van der Waals surface area contributed by atoms with Gasteiger partial charge in [-0.2, -0.15) is 13.2 Å². The Bertz CT molecular complexity index is 592. The highest BCUT2D eigenvalue weighted by atomic mass is 32.2. The van der Waals surface area contributed by atoms with E-state index in [9.17, 15) is 21.6 Å². The number of nitrogens with two attached hydrogens (primary N) is 1. The van der Waals surface area contributed by atoms with Crippen LogP contribution < -0.4 is 5.14 Å². The zero-order valence-electron chi connectivity index (χ0n) is 10.5. The maximum absolute atomic E-state index is 13.2. The molecular weight excluding hydrogens is 295 g/mol. The lowest BCUT2D eigenvalue weighted by molar-refractivity contribution is -0.140. The Hall–Kier alpha value is -1.12. The average molecular weight is 309 g/mol. The molecule has 1 aromatic carbocycles.